The molecule has 37 heavy (non-hydrogen) atoms. The van der Waals surface area contributed by atoms with Gasteiger partial charge in [0.05, 0.1) is 24.0 Å². The maximum absolute atomic E-state index is 15.1. The van der Waals surface area contributed by atoms with Crippen LogP contribution in [0.3, 0.4) is 0 Å². The Morgan fingerprint density at radius 2 is 1.97 bits per heavy atom. The van der Waals surface area contributed by atoms with E-state index in [1.807, 2.05) is 4.90 Å². The highest BCUT2D eigenvalue weighted by Crippen LogP contribution is 2.29. The third-order valence-electron chi connectivity index (χ3n) is 6.85. The lowest BCUT2D eigenvalue weighted by atomic mass is 10.1. The molecular weight excluding hydrogens is 489 g/mol. The molecule has 1 aromatic heterocycles. The number of benzene rings is 1. The molecule has 3 aliphatic rings. The monoisotopic (exact) mass is 517 g/mol. The molecule has 0 radical (unpaired) electrons. The molecule has 3 aliphatic heterocycles. The van der Waals surface area contributed by atoms with Crippen molar-refractivity contribution in [2.45, 2.75) is 31.6 Å². The molecule has 3 amide bonds. The lowest BCUT2D eigenvalue weighted by molar-refractivity contribution is -0.143. The molecule has 0 aliphatic carbocycles. The largest absolute Gasteiger partial charge is 0.471 e. The van der Waals surface area contributed by atoms with Crippen LogP contribution in [0.4, 0.5) is 20.6 Å². The van der Waals surface area contributed by atoms with E-state index < -0.39 is 30.2 Å². The zero-order valence-corrected chi connectivity index (χ0v) is 20.3. The van der Waals surface area contributed by atoms with Gasteiger partial charge in [-0.1, -0.05) is 0 Å². The number of cyclic esters (lactones) is 1. The van der Waals surface area contributed by atoms with Gasteiger partial charge in [-0.15, -0.1) is 0 Å². The van der Waals surface area contributed by atoms with Gasteiger partial charge in [-0.3, -0.25) is 14.5 Å². The van der Waals surface area contributed by atoms with E-state index in [1.165, 1.54) is 35.1 Å². The van der Waals surface area contributed by atoms with Crippen molar-refractivity contribution < 1.29 is 37.9 Å². The first kappa shape index (κ1) is 24.8. The maximum atomic E-state index is 15.1. The highest BCUT2D eigenvalue weighted by Gasteiger charge is 2.40. The Labute approximate surface area is 212 Å². The van der Waals surface area contributed by atoms with Crippen LogP contribution >= 0.6 is 0 Å². The molecule has 1 N–H and O–H groups in total. The lowest BCUT2D eigenvalue weighted by Crippen LogP contribution is -2.54. The van der Waals surface area contributed by atoms with Crippen molar-refractivity contribution in [1.82, 2.24) is 15.0 Å². The Hall–Kier alpha value is -3.87. The molecule has 0 saturated carbocycles. The second kappa shape index (κ2) is 10.2. The topological polar surface area (TPSA) is 129 Å². The predicted octanol–water partition coefficient (Wildman–Crippen LogP) is 0.848. The van der Waals surface area contributed by atoms with Gasteiger partial charge in [-0.05, 0) is 23.4 Å². The van der Waals surface area contributed by atoms with Crippen LogP contribution < -0.4 is 14.5 Å². The van der Waals surface area contributed by atoms with Crippen LogP contribution in [0.2, 0.25) is 0 Å². The van der Waals surface area contributed by atoms with Crippen molar-refractivity contribution in [2.75, 3.05) is 55.7 Å². The summed E-state index contributed by atoms with van der Waals surface area (Å²) in [4.78, 5) is 43.4. The molecule has 13 heteroatoms. The number of anilines is 2. The maximum Gasteiger partial charge on any atom is 0.414 e. The summed E-state index contributed by atoms with van der Waals surface area (Å²) < 4.78 is 30.5. The van der Waals surface area contributed by atoms with Crippen molar-refractivity contribution in [3.63, 3.8) is 0 Å². The van der Waals surface area contributed by atoms with E-state index in [9.17, 15) is 19.5 Å². The molecule has 3 unspecified atom stereocenters. The van der Waals surface area contributed by atoms with E-state index >= 15 is 4.39 Å². The number of piperazine rings is 1. The molecule has 12 nitrogen and oxygen atoms in total. The second-order valence-corrected chi connectivity index (χ2v) is 9.29. The van der Waals surface area contributed by atoms with E-state index in [1.54, 1.807) is 17.0 Å². The van der Waals surface area contributed by atoms with Crippen LogP contribution in [0.5, 0.6) is 5.88 Å². The van der Waals surface area contributed by atoms with Gasteiger partial charge in [0.1, 0.15) is 24.7 Å². The standard InChI is InChI=1S/C24H28FN5O7/c1-15(31)29-12-17(32)11-21(29)23(33)28-7-5-27(6-8-28)20-3-2-16(10-19(20)25)30-13-18(37-24(30)34)14-35-22-4-9-36-26-22/h2-4,9-10,17-18,21,32H,5-8,11-14H2,1H3. The summed E-state index contributed by atoms with van der Waals surface area (Å²) in [5.74, 6) is -0.652. The molecule has 0 spiro atoms. The number of carbonyl (C=O) groups is 3. The SMILES string of the molecule is CC(=O)N1CC(O)CC1C(=O)N1CCN(c2ccc(N3CC(COc4ccon4)OC3=O)cc2F)CC1. The smallest absolute Gasteiger partial charge is 0.414 e. The van der Waals surface area contributed by atoms with Gasteiger partial charge in [-0.2, -0.15) is 0 Å². The van der Waals surface area contributed by atoms with Crippen molar-refractivity contribution in [2.24, 2.45) is 0 Å². The molecule has 1 aromatic carbocycles. The fourth-order valence-corrected chi connectivity index (χ4v) is 4.97. The highest BCUT2D eigenvalue weighted by molar-refractivity contribution is 5.90. The number of likely N-dealkylation sites (tertiary alicyclic amines) is 1. The molecule has 4 heterocycles. The Bertz CT molecular complexity index is 1150. The zero-order chi connectivity index (χ0) is 26.1. The molecule has 3 atom stereocenters. The third-order valence-corrected chi connectivity index (χ3v) is 6.85. The summed E-state index contributed by atoms with van der Waals surface area (Å²) in [6, 6.07) is 5.43. The molecule has 3 saturated heterocycles. The number of β-amino-alcohol motifs (C(OH)–C–C–N with tert-alkyl or cyclic N) is 1. The predicted molar refractivity (Wildman–Crippen MR) is 127 cm³/mol. The number of amides is 3. The van der Waals surface area contributed by atoms with E-state index in [-0.39, 0.29) is 43.8 Å². The summed E-state index contributed by atoms with van der Waals surface area (Å²) in [7, 11) is 0. The minimum atomic E-state index is -0.712. The van der Waals surface area contributed by atoms with Gasteiger partial charge in [0.15, 0.2) is 6.10 Å². The van der Waals surface area contributed by atoms with Crippen molar-refractivity contribution in [3.05, 3.63) is 36.3 Å². The van der Waals surface area contributed by atoms with Gasteiger partial charge in [0.2, 0.25) is 11.8 Å². The zero-order valence-electron chi connectivity index (χ0n) is 20.3. The first-order valence-corrected chi connectivity index (χ1v) is 12.1. The average Bonchev–Trinajstić information content (AvgIpc) is 3.62. The molecule has 3 fully saturated rings. The van der Waals surface area contributed by atoms with Crippen LogP contribution in [-0.4, -0.2) is 102 Å². The Morgan fingerprint density at radius 1 is 1.19 bits per heavy atom. The number of aliphatic hydroxyl groups is 1. The van der Waals surface area contributed by atoms with Crippen LogP contribution in [0.25, 0.3) is 0 Å². The van der Waals surface area contributed by atoms with Crippen LogP contribution in [-0.2, 0) is 14.3 Å². The summed E-state index contributed by atoms with van der Waals surface area (Å²) in [5, 5.41) is 13.6. The summed E-state index contributed by atoms with van der Waals surface area (Å²) in [6.07, 6.45) is -0.258. The number of rotatable bonds is 6. The number of aliphatic hydroxyl groups excluding tert-OH is 1. The number of aromatic nitrogens is 1. The normalized spacial score (nSPS) is 24.0. The molecule has 5 rings (SSSR count). The van der Waals surface area contributed by atoms with Gasteiger partial charge < -0.3 is 33.8 Å². The molecule has 198 valence electrons. The van der Waals surface area contributed by atoms with E-state index in [4.69, 9.17) is 14.0 Å². The molecule has 0 bridgehead atoms. The Kier molecular flexibility index (Phi) is 6.87. The highest BCUT2D eigenvalue weighted by atomic mass is 19.1. The Morgan fingerprint density at radius 3 is 2.65 bits per heavy atom. The van der Waals surface area contributed by atoms with Crippen molar-refractivity contribution in [3.8, 4) is 5.88 Å². The quantitative estimate of drug-likeness (QED) is 0.593. The van der Waals surface area contributed by atoms with Gasteiger partial charge in [0, 0.05) is 52.1 Å². The van der Waals surface area contributed by atoms with Gasteiger partial charge in [0.25, 0.3) is 5.88 Å². The van der Waals surface area contributed by atoms with Crippen molar-refractivity contribution >= 4 is 29.3 Å². The Balaban J connectivity index is 1.17. The minimum absolute atomic E-state index is 0.0856. The lowest BCUT2D eigenvalue weighted by Gasteiger charge is -2.38. The third kappa shape index (κ3) is 5.17. The fourth-order valence-electron chi connectivity index (χ4n) is 4.97. The van der Waals surface area contributed by atoms with E-state index in [0.717, 1.165) is 0 Å². The van der Waals surface area contributed by atoms with Crippen molar-refractivity contribution in [1.29, 1.82) is 0 Å². The summed E-state index contributed by atoms with van der Waals surface area (Å²) >= 11 is 0. The van der Waals surface area contributed by atoms with Crippen LogP contribution in [0.1, 0.15) is 13.3 Å². The van der Waals surface area contributed by atoms with E-state index in [0.29, 0.717) is 37.6 Å². The second-order valence-electron chi connectivity index (χ2n) is 9.29. The number of halogens is 1. The minimum Gasteiger partial charge on any atom is -0.471 e. The number of hydrogen-bond acceptors (Lipinski definition) is 9. The number of nitrogens with zero attached hydrogens (tertiary/aromatic N) is 5. The average molecular weight is 518 g/mol. The molecular formula is C24H28FN5O7. The van der Waals surface area contributed by atoms with Gasteiger partial charge in [-0.25, -0.2) is 9.18 Å². The summed E-state index contributed by atoms with van der Waals surface area (Å²) in [5.41, 5.74) is 0.740. The number of carbonyl (C=O) groups excluding carboxylic acids is 3. The number of hydrogen-bond donors (Lipinski definition) is 1. The first-order chi connectivity index (χ1) is 17.8. The van der Waals surface area contributed by atoms with E-state index in [2.05, 4.69) is 5.16 Å². The first-order valence-electron chi connectivity index (χ1n) is 12.1. The number of ether oxygens (including phenoxy) is 2. The van der Waals surface area contributed by atoms with Crippen LogP contribution in [0.15, 0.2) is 35.1 Å². The fraction of sp³-hybridized carbons (Fsp3) is 0.500. The van der Waals surface area contributed by atoms with Crippen LogP contribution in [0, 0.1) is 5.82 Å². The summed E-state index contributed by atoms with van der Waals surface area (Å²) in [6.45, 7) is 3.37. The van der Waals surface area contributed by atoms with Gasteiger partial charge >= 0.3 is 6.09 Å². The molecule has 2 aromatic rings.